The van der Waals surface area contributed by atoms with Crippen LogP contribution in [0.3, 0.4) is 0 Å². The highest BCUT2D eigenvalue weighted by Crippen LogP contribution is 2.34. The van der Waals surface area contributed by atoms with E-state index < -0.39 is 0 Å². The number of carbonyl (C=O) groups excluding carboxylic acids is 2. The van der Waals surface area contributed by atoms with Gasteiger partial charge in [0.2, 0.25) is 0 Å². The molecule has 0 saturated heterocycles. The molecule has 0 saturated carbocycles. The van der Waals surface area contributed by atoms with Gasteiger partial charge in [0.1, 0.15) is 0 Å². The molecule has 0 N–H and O–H groups in total. The van der Waals surface area contributed by atoms with E-state index in [0.29, 0.717) is 35.0 Å². The van der Waals surface area contributed by atoms with Crippen LogP contribution in [0, 0.1) is 0 Å². The first-order valence-electron chi connectivity index (χ1n) is 9.16. The van der Waals surface area contributed by atoms with Crippen LogP contribution in [0.15, 0.2) is 54.7 Å². The molecular weight excluding hydrogens is 368 g/mol. The summed E-state index contributed by atoms with van der Waals surface area (Å²) in [6.45, 7) is 1.97. The van der Waals surface area contributed by atoms with Crippen molar-refractivity contribution in [2.75, 3.05) is 19.1 Å². The highest BCUT2D eigenvalue weighted by atomic mass is 16.5. The number of ether oxygens (including phenoxy) is 2. The van der Waals surface area contributed by atoms with Gasteiger partial charge in [0, 0.05) is 28.6 Å². The van der Waals surface area contributed by atoms with E-state index in [0.717, 1.165) is 16.7 Å². The summed E-state index contributed by atoms with van der Waals surface area (Å²) in [5.74, 6) is 0.866. The Morgan fingerprint density at radius 1 is 1.03 bits per heavy atom. The van der Waals surface area contributed by atoms with E-state index in [1.165, 1.54) is 6.92 Å². The van der Waals surface area contributed by atoms with Gasteiger partial charge in [-0.25, -0.2) is 4.98 Å². The van der Waals surface area contributed by atoms with E-state index in [2.05, 4.69) is 4.98 Å². The summed E-state index contributed by atoms with van der Waals surface area (Å²) < 4.78 is 10.5. The molecule has 4 rings (SSSR count). The van der Waals surface area contributed by atoms with E-state index in [9.17, 15) is 9.59 Å². The molecule has 1 aromatic heterocycles. The Labute approximate surface area is 168 Å². The van der Waals surface area contributed by atoms with Crippen molar-refractivity contribution in [3.05, 3.63) is 71.4 Å². The molecule has 146 valence electrons. The lowest BCUT2D eigenvalue weighted by atomic mass is 10.0. The molecule has 2 heterocycles. The highest BCUT2D eigenvalue weighted by Gasteiger charge is 2.29. The van der Waals surface area contributed by atoms with Crippen LogP contribution in [-0.2, 0) is 6.54 Å². The van der Waals surface area contributed by atoms with Gasteiger partial charge in [0.25, 0.3) is 11.8 Å². The van der Waals surface area contributed by atoms with Crippen LogP contribution in [0.4, 0.5) is 5.69 Å². The minimum atomic E-state index is -0.0716. The van der Waals surface area contributed by atoms with Crippen molar-refractivity contribution in [2.24, 2.45) is 0 Å². The maximum atomic E-state index is 12.9. The van der Waals surface area contributed by atoms with Gasteiger partial charge in [-0.05, 0) is 48.4 Å². The molecule has 6 nitrogen and oxygen atoms in total. The zero-order valence-electron chi connectivity index (χ0n) is 16.4. The second-order valence-electron chi connectivity index (χ2n) is 6.81. The van der Waals surface area contributed by atoms with Gasteiger partial charge in [0.15, 0.2) is 11.5 Å². The molecule has 6 heteroatoms. The number of carbonyl (C=O) groups is 2. The molecule has 29 heavy (non-hydrogen) atoms. The van der Waals surface area contributed by atoms with E-state index >= 15 is 0 Å². The summed E-state index contributed by atoms with van der Waals surface area (Å²) >= 11 is 0. The molecule has 0 aliphatic carbocycles. The molecule has 3 aromatic rings. The quantitative estimate of drug-likeness (QED) is 0.615. The Morgan fingerprint density at radius 2 is 1.86 bits per heavy atom. The van der Waals surface area contributed by atoms with Crippen LogP contribution >= 0.6 is 0 Å². The second-order valence-corrected chi connectivity index (χ2v) is 6.81. The van der Waals surface area contributed by atoms with Gasteiger partial charge in [-0.3, -0.25) is 9.59 Å². The van der Waals surface area contributed by atoms with Crippen LogP contribution < -0.4 is 14.4 Å². The number of amides is 1. The van der Waals surface area contributed by atoms with Gasteiger partial charge in [0.05, 0.1) is 20.8 Å². The van der Waals surface area contributed by atoms with Gasteiger partial charge >= 0.3 is 0 Å². The van der Waals surface area contributed by atoms with E-state index in [1.54, 1.807) is 43.5 Å². The normalized spacial score (nSPS) is 12.7. The number of fused-ring (bicyclic) bond motifs is 1. The van der Waals surface area contributed by atoms with Gasteiger partial charge < -0.3 is 14.4 Å². The SMILES string of the molecule is COc1cc(-c2ccc3c(c2)CN(c2cccc(C(C)=O)c2)C3=O)cnc1OC. The maximum absolute atomic E-state index is 12.9. The summed E-state index contributed by atoms with van der Waals surface area (Å²) in [4.78, 5) is 30.6. The van der Waals surface area contributed by atoms with Crippen molar-refractivity contribution < 1.29 is 19.1 Å². The van der Waals surface area contributed by atoms with Crippen molar-refractivity contribution in [1.29, 1.82) is 0 Å². The predicted molar refractivity (Wildman–Crippen MR) is 110 cm³/mol. The van der Waals surface area contributed by atoms with Crippen LogP contribution in [0.25, 0.3) is 11.1 Å². The Hall–Kier alpha value is -3.67. The number of rotatable bonds is 5. The number of pyridine rings is 1. The Morgan fingerprint density at radius 3 is 2.59 bits per heavy atom. The first-order valence-corrected chi connectivity index (χ1v) is 9.16. The second kappa shape index (κ2) is 7.39. The molecule has 0 bridgehead atoms. The third-order valence-electron chi connectivity index (χ3n) is 5.04. The lowest BCUT2D eigenvalue weighted by Crippen LogP contribution is -2.23. The zero-order chi connectivity index (χ0) is 20.5. The van der Waals surface area contributed by atoms with Gasteiger partial charge in [-0.1, -0.05) is 18.2 Å². The topological polar surface area (TPSA) is 68.7 Å². The highest BCUT2D eigenvalue weighted by molar-refractivity contribution is 6.10. The number of aromatic nitrogens is 1. The lowest BCUT2D eigenvalue weighted by Gasteiger charge is -2.16. The van der Waals surface area contributed by atoms with E-state index in [-0.39, 0.29) is 11.7 Å². The third kappa shape index (κ3) is 3.33. The maximum Gasteiger partial charge on any atom is 0.258 e. The molecule has 0 unspecified atom stereocenters. The first kappa shape index (κ1) is 18.7. The summed E-state index contributed by atoms with van der Waals surface area (Å²) in [5.41, 5.74) is 4.70. The fourth-order valence-corrected chi connectivity index (χ4v) is 3.49. The Bertz CT molecular complexity index is 1120. The van der Waals surface area contributed by atoms with Crippen molar-refractivity contribution in [2.45, 2.75) is 13.5 Å². The fraction of sp³-hybridized carbons (Fsp3) is 0.174. The molecule has 1 aliphatic rings. The number of methoxy groups -OCH3 is 2. The number of hydrogen-bond acceptors (Lipinski definition) is 5. The van der Waals surface area contributed by atoms with Crippen LogP contribution in [0.1, 0.15) is 33.2 Å². The van der Waals surface area contributed by atoms with Crippen LogP contribution in [0.2, 0.25) is 0 Å². The third-order valence-corrected chi connectivity index (χ3v) is 5.04. The van der Waals surface area contributed by atoms with E-state index in [1.807, 2.05) is 30.3 Å². The Kier molecular flexibility index (Phi) is 4.76. The average molecular weight is 388 g/mol. The molecule has 0 radical (unpaired) electrons. The fourth-order valence-electron chi connectivity index (χ4n) is 3.49. The number of hydrogen-bond donors (Lipinski definition) is 0. The standard InChI is InChI=1S/C23H20N2O4/c1-14(26)15-5-4-6-19(10-15)25-13-18-9-16(7-8-20(18)23(25)27)17-11-21(28-2)22(29-3)24-12-17/h4-12H,13H2,1-3H3. The molecule has 0 fully saturated rings. The number of nitrogens with zero attached hydrogens (tertiary/aromatic N) is 2. The van der Waals surface area contributed by atoms with Crippen molar-refractivity contribution in [1.82, 2.24) is 4.98 Å². The van der Waals surface area contributed by atoms with Crippen molar-refractivity contribution in [3.63, 3.8) is 0 Å². The largest absolute Gasteiger partial charge is 0.491 e. The molecule has 1 aliphatic heterocycles. The molecular formula is C23H20N2O4. The number of Topliss-reactive ketones (excluding diaryl/α,β-unsaturated/α-hetero) is 1. The number of benzene rings is 2. The summed E-state index contributed by atoms with van der Waals surface area (Å²) in [7, 11) is 3.11. The van der Waals surface area contributed by atoms with Crippen molar-refractivity contribution >= 4 is 17.4 Å². The summed E-state index contributed by atoms with van der Waals surface area (Å²) in [5, 5.41) is 0. The number of anilines is 1. The Balaban J connectivity index is 1.67. The van der Waals surface area contributed by atoms with E-state index in [4.69, 9.17) is 9.47 Å². The average Bonchev–Trinajstić information content (AvgIpc) is 3.09. The lowest BCUT2D eigenvalue weighted by molar-refractivity contribution is 0.0991. The van der Waals surface area contributed by atoms with Crippen molar-refractivity contribution in [3.8, 4) is 22.8 Å². The first-order chi connectivity index (χ1) is 14.0. The van der Waals surface area contributed by atoms with Gasteiger partial charge in [-0.2, -0.15) is 0 Å². The number of ketones is 1. The minimum absolute atomic E-state index is 0.0285. The zero-order valence-corrected chi connectivity index (χ0v) is 16.4. The summed E-state index contributed by atoms with van der Waals surface area (Å²) in [6.07, 6.45) is 1.72. The predicted octanol–water partition coefficient (Wildman–Crippen LogP) is 4.13. The molecule has 0 spiro atoms. The van der Waals surface area contributed by atoms with Gasteiger partial charge in [-0.15, -0.1) is 0 Å². The molecule has 2 aromatic carbocycles. The van der Waals surface area contributed by atoms with Crippen LogP contribution in [-0.4, -0.2) is 30.9 Å². The summed E-state index contributed by atoms with van der Waals surface area (Å²) in [6, 6.07) is 14.7. The molecule has 0 atom stereocenters. The monoisotopic (exact) mass is 388 g/mol. The van der Waals surface area contributed by atoms with Crippen LogP contribution in [0.5, 0.6) is 11.6 Å². The smallest absolute Gasteiger partial charge is 0.258 e. The molecule has 1 amide bonds. The minimum Gasteiger partial charge on any atom is -0.491 e.